The Morgan fingerprint density at radius 2 is 1.96 bits per heavy atom. The zero-order chi connectivity index (χ0) is 16.8. The fourth-order valence-electron chi connectivity index (χ4n) is 2.48. The summed E-state index contributed by atoms with van der Waals surface area (Å²) in [7, 11) is 0. The number of hydrogen-bond acceptors (Lipinski definition) is 7. The van der Waals surface area contributed by atoms with Gasteiger partial charge in [-0.15, -0.1) is 35.1 Å². The van der Waals surface area contributed by atoms with E-state index in [9.17, 15) is 9.59 Å². The second-order valence-corrected chi connectivity index (χ2v) is 7.20. The van der Waals surface area contributed by atoms with Gasteiger partial charge in [0.25, 0.3) is 11.8 Å². The van der Waals surface area contributed by atoms with Gasteiger partial charge in [-0.05, 0) is 36.2 Å². The number of carbonyl (C=O) groups excluding carboxylic acids is 2. The summed E-state index contributed by atoms with van der Waals surface area (Å²) in [5.74, 6) is 0.282. The number of anilines is 1. The molecule has 1 aliphatic heterocycles. The van der Waals surface area contributed by atoms with Gasteiger partial charge in [0.05, 0.1) is 10.3 Å². The molecule has 0 aliphatic carbocycles. The second-order valence-electron chi connectivity index (χ2n) is 5.39. The predicted molar refractivity (Wildman–Crippen MR) is 102 cm³/mol. The van der Waals surface area contributed by atoms with Crippen LogP contribution in [0, 0.1) is 6.92 Å². The SMILES string of the molecule is CC1=CC(=O)N(Nc2nc(-c3cccs3)nc3scc(C)c23)C1=O.Cl. The average molecular weight is 393 g/mol. The van der Waals surface area contributed by atoms with Crippen molar-refractivity contribution in [2.45, 2.75) is 13.8 Å². The van der Waals surface area contributed by atoms with Crippen LogP contribution in [0.4, 0.5) is 5.82 Å². The maximum Gasteiger partial charge on any atom is 0.275 e. The molecule has 9 heteroatoms. The van der Waals surface area contributed by atoms with Gasteiger partial charge >= 0.3 is 0 Å². The standard InChI is InChI=1S/C16H12N4O2S2.ClH/c1-8-6-11(21)20(16(8)22)19-14-12-9(2)7-24-15(12)18-13(17-14)10-4-3-5-23-10;/h3-7H,1-2H3,(H,17,18,19);1H. The molecule has 0 unspecified atom stereocenters. The summed E-state index contributed by atoms with van der Waals surface area (Å²) in [5.41, 5.74) is 4.29. The molecule has 0 saturated carbocycles. The van der Waals surface area contributed by atoms with E-state index in [0.717, 1.165) is 25.7 Å². The molecule has 0 atom stereocenters. The molecule has 25 heavy (non-hydrogen) atoms. The number of rotatable bonds is 3. The van der Waals surface area contributed by atoms with Gasteiger partial charge in [0.2, 0.25) is 0 Å². The Hall–Kier alpha value is -2.29. The lowest BCUT2D eigenvalue weighted by Crippen LogP contribution is -2.36. The summed E-state index contributed by atoms with van der Waals surface area (Å²) in [4.78, 5) is 35.0. The lowest BCUT2D eigenvalue weighted by Gasteiger charge is -2.17. The normalized spacial score (nSPS) is 14.0. The third-order valence-electron chi connectivity index (χ3n) is 3.68. The summed E-state index contributed by atoms with van der Waals surface area (Å²) in [6.45, 7) is 3.57. The number of hydrogen-bond donors (Lipinski definition) is 1. The smallest absolute Gasteiger partial charge is 0.271 e. The Morgan fingerprint density at radius 1 is 1.16 bits per heavy atom. The van der Waals surface area contributed by atoms with Crippen LogP contribution in [-0.4, -0.2) is 26.8 Å². The highest BCUT2D eigenvalue weighted by Crippen LogP contribution is 2.33. The third kappa shape index (κ3) is 2.92. The molecular formula is C16H13ClN4O2S2. The van der Waals surface area contributed by atoms with Gasteiger partial charge in [-0.3, -0.25) is 15.0 Å². The van der Waals surface area contributed by atoms with Crippen molar-refractivity contribution in [1.82, 2.24) is 15.0 Å². The summed E-state index contributed by atoms with van der Waals surface area (Å²) in [6, 6.07) is 3.87. The molecular weight excluding hydrogens is 380 g/mol. The highest BCUT2D eigenvalue weighted by atomic mass is 35.5. The lowest BCUT2D eigenvalue weighted by molar-refractivity contribution is -0.135. The van der Waals surface area contributed by atoms with E-state index in [1.165, 1.54) is 28.7 Å². The van der Waals surface area contributed by atoms with Gasteiger partial charge in [0, 0.05) is 11.6 Å². The number of imide groups is 1. The predicted octanol–water partition coefficient (Wildman–Crippen LogP) is 3.79. The Bertz CT molecular complexity index is 1010. The zero-order valence-corrected chi connectivity index (χ0v) is 15.7. The van der Waals surface area contributed by atoms with Crippen LogP contribution in [0.2, 0.25) is 0 Å². The Balaban J connectivity index is 0.00000182. The second kappa shape index (κ2) is 6.55. The van der Waals surface area contributed by atoms with Crippen molar-refractivity contribution in [1.29, 1.82) is 0 Å². The number of hydrazine groups is 1. The quantitative estimate of drug-likeness (QED) is 0.686. The fourth-order valence-corrected chi connectivity index (χ4v) is 4.06. The van der Waals surface area contributed by atoms with Crippen LogP contribution in [0.15, 0.2) is 34.5 Å². The van der Waals surface area contributed by atoms with Crippen LogP contribution in [0.3, 0.4) is 0 Å². The number of amides is 2. The molecule has 0 aromatic carbocycles. The van der Waals surface area contributed by atoms with Gasteiger partial charge in [0.1, 0.15) is 4.83 Å². The highest BCUT2D eigenvalue weighted by Gasteiger charge is 2.30. The van der Waals surface area contributed by atoms with E-state index in [2.05, 4.69) is 15.4 Å². The van der Waals surface area contributed by atoms with Gasteiger partial charge in [0.15, 0.2) is 11.6 Å². The number of thiophene rings is 2. The molecule has 0 fully saturated rings. The van der Waals surface area contributed by atoms with Crippen molar-refractivity contribution >= 4 is 62.9 Å². The van der Waals surface area contributed by atoms with Crippen LogP contribution in [-0.2, 0) is 9.59 Å². The molecule has 4 rings (SSSR count). The lowest BCUT2D eigenvalue weighted by atomic mass is 10.2. The minimum atomic E-state index is -0.394. The van der Waals surface area contributed by atoms with E-state index in [-0.39, 0.29) is 18.3 Å². The van der Waals surface area contributed by atoms with Gasteiger partial charge < -0.3 is 0 Å². The third-order valence-corrected chi connectivity index (χ3v) is 5.53. The maximum atomic E-state index is 12.1. The van der Waals surface area contributed by atoms with Crippen molar-refractivity contribution in [2.75, 3.05) is 5.43 Å². The van der Waals surface area contributed by atoms with Crippen molar-refractivity contribution < 1.29 is 9.59 Å². The Kier molecular flexibility index (Phi) is 4.59. The van der Waals surface area contributed by atoms with Crippen LogP contribution < -0.4 is 5.43 Å². The molecule has 1 aliphatic rings. The Morgan fingerprint density at radius 3 is 2.60 bits per heavy atom. The number of nitrogens with zero attached hydrogens (tertiary/aromatic N) is 3. The number of carbonyl (C=O) groups is 2. The molecule has 4 heterocycles. The number of halogens is 1. The first-order chi connectivity index (χ1) is 11.5. The summed E-state index contributed by atoms with van der Waals surface area (Å²) in [5, 5.41) is 5.76. The summed E-state index contributed by atoms with van der Waals surface area (Å²) < 4.78 is 0. The topological polar surface area (TPSA) is 75.2 Å². The van der Waals surface area contributed by atoms with Gasteiger partial charge in [-0.1, -0.05) is 6.07 Å². The van der Waals surface area contributed by atoms with Crippen LogP contribution in [0.1, 0.15) is 12.5 Å². The van der Waals surface area contributed by atoms with Crippen LogP contribution >= 0.6 is 35.1 Å². The van der Waals surface area contributed by atoms with Crippen molar-refractivity contribution in [3.8, 4) is 10.7 Å². The molecule has 3 aromatic heterocycles. The van der Waals surface area contributed by atoms with E-state index in [4.69, 9.17) is 0 Å². The molecule has 3 aromatic rings. The highest BCUT2D eigenvalue weighted by molar-refractivity contribution is 7.17. The van der Waals surface area contributed by atoms with Crippen molar-refractivity contribution in [3.05, 3.63) is 40.1 Å². The first-order valence-corrected chi connectivity index (χ1v) is 8.93. The van der Waals surface area contributed by atoms with E-state index in [1.54, 1.807) is 6.92 Å². The molecule has 6 nitrogen and oxygen atoms in total. The van der Waals surface area contributed by atoms with E-state index < -0.39 is 5.91 Å². The number of aryl methyl sites for hydroxylation is 1. The van der Waals surface area contributed by atoms with E-state index >= 15 is 0 Å². The summed E-state index contributed by atoms with van der Waals surface area (Å²) >= 11 is 3.05. The maximum absolute atomic E-state index is 12.1. The van der Waals surface area contributed by atoms with Crippen molar-refractivity contribution in [3.63, 3.8) is 0 Å². The van der Waals surface area contributed by atoms with Crippen LogP contribution in [0.25, 0.3) is 20.9 Å². The molecule has 0 radical (unpaired) electrons. The van der Waals surface area contributed by atoms with E-state index in [1.807, 2.05) is 29.8 Å². The molecule has 1 N–H and O–H groups in total. The van der Waals surface area contributed by atoms with E-state index in [0.29, 0.717) is 17.2 Å². The molecule has 0 spiro atoms. The number of aromatic nitrogens is 2. The first-order valence-electron chi connectivity index (χ1n) is 7.17. The molecule has 0 saturated heterocycles. The minimum Gasteiger partial charge on any atom is -0.271 e. The minimum absolute atomic E-state index is 0. The fraction of sp³-hybridized carbons (Fsp3) is 0.125. The zero-order valence-electron chi connectivity index (χ0n) is 13.3. The van der Waals surface area contributed by atoms with Gasteiger partial charge in [-0.2, -0.15) is 5.01 Å². The van der Waals surface area contributed by atoms with Crippen LogP contribution in [0.5, 0.6) is 0 Å². The molecule has 2 amide bonds. The van der Waals surface area contributed by atoms with Gasteiger partial charge in [-0.25, -0.2) is 9.97 Å². The summed E-state index contributed by atoms with van der Waals surface area (Å²) in [6.07, 6.45) is 1.31. The molecule has 128 valence electrons. The molecule has 0 bridgehead atoms. The number of nitrogens with one attached hydrogen (secondary N) is 1. The Labute approximate surface area is 157 Å². The largest absolute Gasteiger partial charge is 0.275 e. The number of fused-ring (bicyclic) bond motifs is 1. The average Bonchev–Trinajstić information content (AvgIpc) is 3.26. The van der Waals surface area contributed by atoms with Crippen molar-refractivity contribution in [2.24, 2.45) is 0 Å². The first kappa shape index (κ1) is 17.5. The monoisotopic (exact) mass is 392 g/mol.